The maximum atomic E-state index is 12.5. The van der Waals surface area contributed by atoms with E-state index in [-0.39, 0.29) is 10.8 Å². The Morgan fingerprint density at radius 1 is 1.13 bits per heavy atom. The predicted molar refractivity (Wildman–Crippen MR) is 86.6 cm³/mol. The highest BCUT2D eigenvalue weighted by Crippen LogP contribution is 2.17. The van der Waals surface area contributed by atoms with Crippen LogP contribution in [0.5, 0.6) is 0 Å². The maximum absolute atomic E-state index is 12.5. The van der Waals surface area contributed by atoms with Crippen molar-refractivity contribution in [2.24, 2.45) is 0 Å². The van der Waals surface area contributed by atoms with Crippen LogP contribution in [-0.2, 0) is 16.6 Å². The topological polar surface area (TPSA) is 70.8 Å². The number of furan rings is 1. The number of sulfonamides is 1. The van der Waals surface area contributed by atoms with Crippen molar-refractivity contribution in [3.05, 3.63) is 53.5 Å². The molecule has 1 heterocycles. The van der Waals surface area contributed by atoms with E-state index >= 15 is 0 Å². The van der Waals surface area contributed by atoms with Gasteiger partial charge < -0.3 is 9.32 Å². The van der Waals surface area contributed by atoms with Gasteiger partial charge in [-0.2, -0.15) is 0 Å². The molecule has 2 aromatic rings. The van der Waals surface area contributed by atoms with Crippen LogP contribution < -0.4 is 0 Å². The molecule has 0 saturated carbocycles. The fraction of sp³-hybridized carbons (Fsp3) is 0.312. The molecule has 0 fully saturated rings. The molecular formula is C16H20N2O4S. The second-order valence-corrected chi connectivity index (χ2v) is 7.64. The number of carbonyl (C=O) groups is 1. The SMILES string of the molecule is Cc1ccc(CN(C)C(=O)c2cccc(S(=O)(=O)N(C)C)c2)o1. The fourth-order valence-electron chi connectivity index (χ4n) is 2.10. The lowest BCUT2D eigenvalue weighted by molar-refractivity contribution is 0.0774. The first kappa shape index (κ1) is 17.2. The van der Waals surface area contributed by atoms with Crippen molar-refractivity contribution in [1.82, 2.24) is 9.21 Å². The minimum atomic E-state index is -3.57. The summed E-state index contributed by atoms with van der Waals surface area (Å²) in [6.45, 7) is 2.15. The summed E-state index contributed by atoms with van der Waals surface area (Å²) in [5.41, 5.74) is 0.318. The number of rotatable bonds is 5. The minimum absolute atomic E-state index is 0.0931. The van der Waals surface area contributed by atoms with Gasteiger partial charge in [-0.25, -0.2) is 12.7 Å². The summed E-state index contributed by atoms with van der Waals surface area (Å²) in [6, 6.07) is 9.67. The molecule has 23 heavy (non-hydrogen) atoms. The summed E-state index contributed by atoms with van der Waals surface area (Å²) in [6.07, 6.45) is 0. The van der Waals surface area contributed by atoms with Crippen LogP contribution in [0.15, 0.2) is 45.7 Å². The van der Waals surface area contributed by atoms with Crippen molar-refractivity contribution in [2.75, 3.05) is 21.1 Å². The largest absolute Gasteiger partial charge is 0.464 e. The third-order valence-corrected chi connectivity index (χ3v) is 5.21. The Morgan fingerprint density at radius 2 is 1.83 bits per heavy atom. The highest BCUT2D eigenvalue weighted by molar-refractivity contribution is 7.89. The van der Waals surface area contributed by atoms with Gasteiger partial charge in [0.1, 0.15) is 11.5 Å². The molecule has 2 rings (SSSR count). The van der Waals surface area contributed by atoms with Crippen molar-refractivity contribution >= 4 is 15.9 Å². The van der Waals surface area contributed by atoms with E-state index in [1.54, 1.807) is 19.2 Å². The molecule has 1 aromatic carbocycles. The quantitative estimate of drug-likeness (QED) is 0.838. The second-order valence-electron chi connectivity index (χ2n) is 5.49. The molecule has 0 aliphatic rings. The summed E-state index contributed by atoms with van der Waals surface area (Å²) < 4.78 is 30.9. The average Bonchev–Trinajstić information content (AvgIpc) is 2.91. The molecule has 6 nitrogen and oxygen atoms in total. The van der Waals surface area contributed by atoms with Gasteiger partial charge in [0, 0.05) is 26.7 Å². The molecular weight excluding hydrogens is 316 g/mol. The number of amides is 1. The molecule has 0 bridgehead atoms. The van der Waals surface area contributed by atoms with Gasteiger partial charge in [-0.1, -0.05) is 6.07 Å². The normalized spacial score (nSPS) is 11.7. The zero-order valence-electron chi connectivity index (χ0n) is 13.6. The number of aryl methyl sites for hydroxylation is 1. The highest BCUT2D eigenvalue weighted by Gasteiger charge is 2.20. The Labute approximate surface area is 136 Å². The van der Waals surface area contributed by atoms with E-state index in [0.29, 0.717) is 17.9 Å². The summed E-state index contributed by atoms with van der Waals surface area (Å²) in [4.78, 5) is 14.1. The summed E-state index contributed by atoms with van der Waals surface area (Å²) in [5, 5.41) is 0. The van der Waals surface area contributed by atoms with Crippen molar-refractivity contribution in [2.45, 2.75) is 18.4 Å². The molecule has 0 unspecified atom stereocenters. The molecule has 1 aromatic heterocycles. The standard InChI is InChI=1S/C16H20N2O4S/c1-12-8-9-14(22-12)11-18(4)16(19)13-6-5-7-15(10-13)23(20,21)17(2)3/h5-10H,11H2,1-4H3. The van der Waals surface area contributed by atoms with E-state index in [1.807, 2.05) is 19.1 Å². The van der Waals surface area contributed by atoms with Gasteiger partial charge >= 0.3 is 0 Å². The molecule has 124 valence electrons. The Hall–Kier alpha value is -2.12. The lowest BCUT2D eigenvalue weighted by atomic mass is 10.2. The maximum Gasteiger partial charge on any atom is 0.254 e. The monoisotopic (exact) mass is 336 g/mol. The van der Waals surface area contributed by atoms with Crippen LogP contribution in [0.3, 0.4) is 0 Å². The molecule has 0 spiro atoms. The van der Waals surface area contributed by atoms with Crippen molar-refractivity contribution in [3.8, 4) is 0 Å². The Kier molecular flexibility index (Phi) is 4.91. The van der Waals surface area contributed by atoms with Gasteiger partial charge in [-0.15, -0.1) is 0 Å². The number of benzene rings is 1. The van der Waals surface area contributed by atoms with Gasteiger partial charge in [0.2, 0.25) is 10.0 Å². The number of hydrogen-bond acceptors (Lipinski definition) is 4. The molecule has 1 amide bonds. The van der Waals surface area contributed by atoms with Gasteiger partial charge in [-0.3, -0.25) is 4.79 Å². The first-order valence-electron chi connectivity index (χ1n) is 7.05. The van der Waals surface area contributed by atoms with Crippen LogP contribution >= 0.6 is 0 Å². The van der Waals surface area contributed by atoms with Crippen molar-refractivity contribution < 1.29 is 17.6 Å². The molecule has 0 atom stereocenters. The highest BCUT2D eigenvalue weighted by atomic mass is 32.2. The van der Waals surface area contributed by atoms with Crippen LogP contribution in [0.25, 0.3) is 0 Å². The fourth-order valence-corrected chi connectivity index (χ4v) is 3.04. The third kappa shape index (κ3) is 3.80. The lowest BCUT2D eigenvalue weighted by Gasteiger charge is -2.17. The van der Waals surface area contributed by atoms with Gasteiger partial charge in [-0.05, 0) is 37.3 Å². The van der Waals surface area contributed by atoms with Gasteiger partial charge in [0.15, 0.2) is 0 Å². The Balaban J connectivity index is 2.23. The number of hydrogen-bond donors (Lipinski definition) is 0. The van der Waals surface area contributed by atoms with E-state index in [2.05, 4.69) is 0 Å². The first-order chi connectivity index (χ1) is 10.7. The Bertz CT molecular complexity index is 809. The van der Waals surface area contributed by atoms with E-state index in [4.69, 9.17) is 4.42 Å². The van der Waals surface area contributed by atoms with Crippen LogP contribution in [0.4, 0.5) is 0 Å². The van der Waals surface area contributed by atoms with Crippen molar-refractivity contribution in [1.29, 1.82) is 0 Å². The van der Waals surface area contributed by atoms with E-state index in [0.717, 1.165) is 10.1 Å². The first-order valence-corrected chi connectivity index (χ1v) is 8.49. The molecule has 0 aliphatic heterocycles. The van der Waals surface area contributed by atoms with Gasteiger partial charge in [0.25, 0.3) is 5.91 Å². The number of carbonyl (C=O) groups excluding carboxylic acids is 1. The molecule has 7 heteroatoms. The van der Waals surface area contributed by atoms with Crippen LogP contribution in [0.1, 0.15) is 21.9 Å². The predicted octanol–water partition coefficient (Wildman–Crippen LogP) is 2.11. The molecule has 0 N–H and O–H groups in total. The summed E-state index contributed by atoms with van der Waals surface area (Å²) >= 11 is 0. The molecule has 0 saturated heterocycles. The molecule has 0 aliphatic carbocycles. The smallest absolute Gasteiger partial charge is 0.254 e. The van der Waals surface area contributed by atoms with Crippen LogP contribution in [-0.4, -0.2) is 44.7 Å². The minimum Gasteiger partial charge on any atom is -0.464 e. The third-order valence-electron chi connectivity index (χ3n) is 3.40. The van der Waals surface area contributed by atoms with E-state index in [9.17, 15) is 13.2 Å². The van der Waals surface area contributed by atoms with Gasteiger partial charge in [0.05, 0.1) is 11.4 Å². The van der Waals surface area contributed by atoms with Crippen LogP contribution in [0, 0.1) is 6.92 Å². The summed E-state index contributed by atoms with van der Waals surface area (Å²) in [5.74, 6) is 1.19. The zero-order valence-corrected chi connectivity index (χ0v) is 14.4. The van der Waals surface area contributed by atoms with E-state index in [1.165, 1.54) is 31.1 Å². The summed E-state index contributed by atoms with van der Waals surface area (Å²) in [7, 11) is 0.983. The number of nitrogens with zero attached hydrogens (tertiary/aromatic N) is 2. The van der Waals surface area contributed by atoms with E-state index < -0.39 is 10.0 Å². The second kappa shape index (κ2) is 6.55. The van der Waals surface area contributed by atoms with Crippen molar-refractivity contribution in [3.63, 3.8) is 0 Å². The molecule has 0 radical (unpaired) electrons. The average molecular weight is 336 g/mol. The van der Waals surface area contributed by atoms with Crippen LogP contribution in [0.2, 0.25) is 0 Å². The Morgan fingerprint density at radius 3 is 2.39 bits per heavy atom. The lowest BCUT2D eigenvalue weighted by Crippen LogP contribution is -2.27. The zero-order chi connectivity index (χ0) is 17.2.